The number of halogens is 1. The molecule has 4 heterocycles. The Morgan fingerprint density at radius 1 is 1.06 bits per heavy atom. The van der Waals surface area contributed by atoms with Crippen LogP contribution in [0.15, 0.2) is 48.6 Å². The van der Waals surface area contributed by atoms with Gasteiger partial charge in [-0.15, -0.1) is 0 Å². The van der Waals surface area contributed by atoms with Gasteiger partial charge in [0.2, 0.25) is 5.91 Å². The van der Waals surface area contributed by atoms with E-state index < -0.39 is 35.0 Å². The molecule has 192 valence electrons. The lowest BCUT2D eigenvalue weighted by Crippen LogP contribution is -2.56. The normalized spacial score (nSPS) is 33.5. The Hall–Kier alpha value is -2.68. The van der Waals surface area contributed by atoms with Crippen molar-refractivity contribution in [1.29, 1.82) is 0 Å². The van der Waals surface area contributed by atoms with E-state index in [0.717, 1.165) is 0 Å². The highest BCUT2D eigenvalue weighted by Crippen LogP contribution is 2.57. The van der Waals surface area contributed by atoms with Crippen LogP contribution in [0, 0.1) is 11.8 Å². The second-order valence-corrected chi connectivity index (χ2v) is 10.4. The number of unbranched alkanes of at least 4 members (excludes halogenated alkanes) is 2. The molecule has 0 bridgehead atoms. The summed E-state index contributed by atoms with van der Waals surface area (Å²) in [5, 5.41) is 9.62. The number of benzene rings is 1. The van der Waals surface area contributed by atoms with Crippen molar-refractivity contribution in [3.63, 3.8) is 0 Å². The summed E-state index contributed by atoms with van der Waals surface area (Å²) < 4.78 is 12.2. The molecule has 8 nitrogen and oxygen atoms in total. The van der Waals surface area contributed by atoms with E-state index in [0.29, 0.717) is 42.9 Å². The van der Waals surface area contributed by atoms with Gasteiger partial charge in [-0.3, -0.25) is 14.4 Å². The van der Waals surface area contributed by atoms with Crippen molar-refractivity contribution in [3.05, 3.63) is 53.6 Å². The molecular weight excluding hydrogens is 484 g/mol. The van der Waals surface area contributed by atoms with Gasteiger partial charge in [-0.1, -0.05) is 48.0 Å². The van der Waals surface area contributed by atoms with Gasteiger partial charge in [0.15, 0.2) is 0 Å². The topological polar surface area (TPSA) is 96.4 Å². The summed E-state index contributed by atoms with van der Waals surface area (Å²) in [6, 6.07) is 6.13. The summed E-state index contributed by atoms with van der Waals surface area (Å²) in [4.78, 5) is 44.7. The third-order valence-corrected chi connectivity index (χ3v) is 8.04. The SMILES string of the molecule is C[C@]12C=CCCOC(=O)[C@H]1[C@H]1C(=O)N(CCCCCO)C3C(=O)N(c4ccccc4Cl)CC=C[C@@]31O2. The summed E-state index contributed by atoms with van der Waals surface area (Å²) in [6.07, 6.45) is 9.86. The minimum atomic E-state index is -1.33. The molecule has 9 heteroatoms. The third-order valence-electron chi connectivity index (χ3n) is 7.72. The monoisotopic (exact) mass is 514 g/mol. The van der Waals surface area contributed by atoms with E-state index in [2.05, 4.69) is 0 Å². The van der Waals surface area contributed by atoms with E-state index >= 15 is 0 Å². The van der Waals surface area contributed by atoms with Crippen molar-refractivity contribution in [2.45, 2.75) is 49.9 Å². The second-order valence-electron chi connectivity index (χ2n) is 9.97. The molecule has 1 aromatic rings. The first kappa shape index (κ1) is 25.0. The number of carbonyl (C=O) groups excluding carboxylic acids is 3. The Bertz CT molecular complexity index is 1120. The molecule has 1 aromatic carbocycles. The first-order chi connectivity index (χ1) is 17.3. The number of anilines is 1. The summed E-state index contributed by atoms with van der Waals surface area (Å²) in [5.74, 6) is -2.85. The number of aliphatic hydroxyl groups excluding tert-OH is 1. The summed E-state index contributed by atoms with van der Waals surface area (Å²) in [6.45, 7) is 2.66. The Morgan fingerprint density at radius 2 is 1.86 bits per heavy atom. The number of likely N-dealkylation sites (tertiary alicyclic amines) is 1. The smallest absolute Gasteiger partial charge is 0.313 e. The number of aliphatic hydroxyl groups is 1. The van der Waals surface area contributed by atoms with Gasteiger partial charge in [0.05, 0.1) is 28.8 Å². The second kappa shape index (κ2) is 9.65. The zero-order valence-electron chi connectivity index (χ0n) is 20.3. The number of para-hydroxylation sites is 1. The molecule has 0 radical (unpaired) electrons. The Kier molecular flexibility index (Phi) is 6.70. The van der Waals surface area contributed by atoms with Crippen LogP contribution in [0.25, 0.3) is 0 Å². The van der Waals surface area contributed by atoms with Crippen molar-refractivity contribution >= 4 is 35.1 Å². The molecule has 2 saturated heterocycles. The zero-order chi connectivity index (χ0) is 25.5. The van der Waals surface area contributed by atoms with Crippen LogP contribution in [-0.2, 0) is 23.9 Å². The predicted molar refractivity (Wildman–Crippen MR) is 133 cm³/mol. The maximum Gasteiger partial charge on any atom is 0.313 e. The van der Waals surface area contributed by atoms with Gasteiger partial charge in [0.1, 0.15) is 17.6 Å². The maximum absolute atomic E-state index is 14.3. The highest BCUT2D eigenvalue weighted by Gasteiger charge is 2.74. The molecular formula is C27H31ClN2O6. The van der Waals surface area contributed by atoms with E-state index in [1.54, 1.807) is 41.0 Å². The first-order valence-electron chi connectivity index (χ1n) is 12.5. The zero-order valence-corrected chi connectivity index (χ0v) is 21.0. The molecule has 0 saturated carbocycles. The van der Waals surface area contributed by atoms with Crippen LogP contribution in [0.1, 0.15) is 32.6 Å². The van der Waals surface area contributed by atoms with E-state index in [9.17, 15) is 19.5 Å². The number of hydrogen-bond donors (Lipinski definition) is 1. The molecule has 5 atom stereocenters. The third kappa shape index (κ3) is 3.86. The lowest BCUT2D eigenvalue weighted by atomic mass is 9.74. The number of cyclic esters (lactones) is 1. The van der Waals surface area contributed by atoms with Gasteiger partial charge in [0, 0.05) is 19.7 Å². The quantitative estimate of drug-likeness (QED) is 0.356. The average Bonchev–Trinajstić information content (AvgIpc) is 3.16. The van der Waals surface area contributed by atoms with Gasteiger partial charge in [-0.25, -0.2) is 0 Å². The molecule has 1 spiro atoms. The van der Waals surface area contributed by atoms with E-state index in [1.165, 1.54) is 0 Å². The summed E-state index contributed by atoms with van der Waals surface area (Å²) in [7, 11) is 0. The number of nitrogens with zero attached hydrogens (tertiary/aromatic N) is 2. The number of fused-ring (bicyclic) bond motifs is 2. The van der Waals surface area contributed by atoms with Crippen LogP contribution in [0.4, 0.5) is 5.69 Å². The molecule has 4 aliphatic rings. The number of amides is 2. The van der Waals surface area contributed by atoms with E-state index in [1.807, 2.05) is 24.3 Å². The van der Waals surface area contributed by atoms with Gasteiger partial charge in [-0.2, -0.15) is 0 Å². The minimum absolute atomic E-state index is 0.0631. The number of esters is 1. The number of carbonyl (C=O) groups is 3. The first-order valence-corrected chi connectivity index (χ1v) is 12.9. The fourth-order valence-corrected chi connectivity index (χ4v) is 6.42. The largest absolute Gasteiger partial charge is 0.465 e. The molecule has 1 N–H and O–H groups in total. The van der Waals surface area contributed by atoms with Crippen LogP contribution in [0.3, 0.4) is 0 Å². The van der Waals surface area contributed by atoms with Crippen LogP contribution >= 0.6 is 11.6 Å². The van der Waals surface area contributed by atoms with Gasteiger partial charge in [-0.05, 0) is 44.7 Å². The van der Waals surface area contributed by atoms with E-state index in [-0.39, 0.29) is 31.6 Å². The van der Waals surface area contributed by atoms with Gasteiger partial charge >= 0.3 is 5.97 Å². The summed E-state index contributed by atoms with van der Waals surface area (Å²) in [5.41, 5.74) is -1.87. The molecule has 2 amide bonds. The Morgan fingerprint density at radius 3 is 2.64 bits per heavy atom. The van der Waals surface area contributed by atoms with Crippen LogP contribution in [-0.4, -0.2) is 71.3 Å². The molecule has 4 aliphatic heterocycles. The molecule has 0 aliphatic carbocycles. The highest BCUT2D eigenvalue weighted by atomic mass is 35.5. The number of hydrogen-bond acceptors (Lipinski definition) is 6. The van der Waals surface area contributed by atoms with Crippen molar-refractivity contribution in [2.24, 2.45) is 11.8 Å². The van der Waals surface area contributed by atoms with Crippen LogP contribution in [0.2, 0.25) is 5.02 Å². The lowest BCUT2D eigenvalue weighted by Gasteiger charge is -2.37. The van der Waals surface area contributed by atoms with E-state index in [4.69, 9.17) is 21.1 Å². The Balaban J connectivity index is 1.61. The fourth-order valence-electron chi connectivity index (χ4n) is 6.19. The molecule has 1 unspecified atom stereocenters. The minimum Gasteiger partial charge on any atom is -0.465 e. The maximum atomic E-state index is 14.3. The molecule has 5 rings (SSSR count). The summed E-state index contributed by atoms with van der Waals surface area (Å²) >= 11 is 6.47. The predicted octanol–water partition coefficient (Wildman–Crippen LogP) is 2.88. The lowest BCUT2D eigenvalue weighted by molar-refractivity contribution is -0.159. The van der Waals surface area contributed by atoms with Gasteiger partial charge in [0.25, 0.3) is 5.91 Å². The Labute approximate surface area is 215 Å². The standard InChI is InChI=1S/C27H31ClN2O6/c1-26-12-5-8-17-35-25(34)21(26)20-23(32)30(14-6-2-7-16-31)22-24(33)29(15-9-13-27(20,22)36-26)19-11-4-3-10-18(19)28/h3-5,9-13,20-22,31H,2,6-8,14-17H2,1H3/t20-,21+,22?,26-,27-/m0/s1. The van der Waals surface area contributed by atoms with Crippen LogP contribution in [0.5, 0.6) is 0 Å². The number of rotatable bonds is 6. The highest BCUT2D eigenvalue weighted by molar-refractivity contribution is 6.34. The van der Waals surface area contributed by atoms with Crippen molar-refractivity contribution < 1.29 is 29.0 Å². The molecule has 0 aromatic heterocycles. The van der Waals surface area contributed by atoms with Crippen molar-refractivity contribution in [3.8, 4) is 0 Å². The van der Waals surface area contributed by atoms with Crippen LogP contribution < -0.4 is 4.90 Å². The van der Waals surface area contributed by atoms with Crippen molar-refractivity contribution in [2.75, 3.05) is 31.2 Å². The number of ether oxygens (including phenoxy) is 2. The van der Waals surface area contributed by atoms with Crippen molar-refractivity contribution in [1.82, 2.24) is 4.90 Å². The fraction of sp³-hybridized carbons (Fsp3) is 0.519. The van der Waals surface area contributed by atoms with Gasteiger partial charge < -0.3 is 24.4 Å². The average molecular weight is 515 g/mol. The molecule has 36 heavy (non-hydrogen) atoms. The molecule has 2 fully saturated rings.